The van der Waals surface area contributed by atoms with Crippen LogP contribution in [0.1, 0.15) is 20.2 Å². The average Bonchev–Trinajstić information content (AvgIpc) is 2.82. The topological polar surface area (TPSA) is 96.4 Å². The van der Waals surface area contributed by atoms with E-state index in [9.17, 15) is 13.2 Å². The normalized spacial score (nSPS) is 11.5. The molecule has 1 aromatic heterocycles. The van der Waals surface area contributed by atoms with E-state index < -0.39 is 16.0 Å². The molecular weight excluding hydrogens is 380 g/mol. The van der Waals surface area contributed by atoms with Crippen molar-refractivity contribution in [2.45, 2.75) is 18.4 Å². The van der Waals surface area contributed by atoms with Crippen molar-refractivity contribution in [3.05, 3.63) is 44.3 Å². The lowest BCUT2D eigenvalue weighted by Gasteiger charge is -2.07. The number of nitrogens with one attached hydrogen (secondary N) is 1. The maximum absolute atomic E-state index is 12.2. The minimum atomic E-state index is -3.79. The van der Waals surface area contributed by atoms with Crippen LogP contribution in [-0.2, 0) is 16.6 Å². The number of aryl methyl sites for hydroxylation is 1. The third kappa shape index (κ3) is 3.88. The molecule has 0 aliphatic rings. The molecule has 0 atom stereocenters. The highest BCUT2D eigenvalue weighted by Crippen LogP contribution is 2.21. The third-order valence-corrected chi connectivity index (χ3v) is 5.56. The van der Waals surface area contributed by atoms with Gasteiger partial charge in [0.05, 0.1) is 17.0 Å². The Bertz CT molecular complexity index is 786. The second kappa shape index (κ2) is 6.22. The number of carboxylic acid groups (broad SMARTS) is 1. The second-order valence-electron chi connectivity index (χ2n) is 4.14. The van der Waals surface area contributed by atoms with Crippen molar-refractivity contribution < 1.29 is 18.3 Å². The first-order valence-electron chi connectivity index (χ1n) is 5.73. The van der Waals surface area contributed by atoms with E-state index in [4.69, 9.17) is 5.11 Å². The van der Waals surface area contributed by atoms with Gasteiger partial charge in [0, 0.05) is 15.5 Å². The molecule has 0 spiro atoms. The van der Waals surface area contributed by atoms with E-state index in [1.54, 1.807) is 6.20 Å². The van der Waals surface area contributed by atoms with Gasteiger partial charge in [0.25, 0.3) is 0 Å². The van der Waals surface area contributed by atoms with E-state index in [0.717, 1.165) is 10.9 Å². The molecule has 9 heteroatoms. The molecule has 112 valence electrons. The van der Waals surface area contributed by atoms with Gasteiger partial charge in [-0.05, 0) is 41.1 Å². The first-order valence-corrected chi connectivity index (χ1v) is 8.82. The van der Waals surface area contributed by atoms with Crippen molar-refractivity contribution in [1.29, 1.82) is 0 Å². The smallest absolute Gasteiger partial charge is 0.336 e. The lowest BCUT2D eigenvalue weighted by Crippen LogP contribution is -2.23. The summed E-state index contributed by atoms with van der Waals surface area (Å²) in [4.78, 5) is 16.0. The van der Waals surface area contributed by atoms with E-state index in [-0.39, 0.29) is 17.0 Å². The summed E-state index contributed by atoms with van der Waals surface area (Å²) in [5, 5.41) is 9.66. The van der Waals surface area contributed by atoms with Crippen molar-refractivity contribution in [3.63, 3.8) is 0 Å². The van der Waals surface area contributed by atoms with Gasteiger partial charge in [0.2, 0.25) is 10.0 Å². The van der Waals surface area contributed by atoms with Crippen LogP contribution in [0, 0.1) is 6.92 Å². The fraction of sp³-hybridized carbons (Fsp3) is 0.167. The molecule has 2 N–H and O–H groups in total. The van der Waals surface area contributed by atoms with Gasteiger partial charge < -0.3 is 5.11 Å². The molecule has 1 aromatic carbocycles. The number of hydrogen-bond donors (Lipinski definition) is 2. The number of benzene rings is 1. The van der Waals surface area contributed by atoms with Gasteiger partial charge >= 0.3 is 5.97 Å². The Kier molecular flexibility index (Phi) is 4.77. The molecule has 2 rings (SSSR count). The maximum Gasteiger partial charge on any atom is 0.336 e. The van der Waals surface area contributed by atoms with Gasteiger partial charge in [-0.2, -0.15) is 0 Å². The molecule has 21 heavy (non-hydrogen) atoms. The Morgan fingerprint density at radius 2 is 2.19 bits per heavy atom. The number of carbonyl (C=O) groups is 1. The number of hydrogen-bond acceptors (Lipinski definition) is 5. The van der Waals surface area contributed by atoms with Crippen molar-refractivity contribution in [2.75, 3.05) is 0 Å². The molecular formula is C12H11BrN2O4S2. The molecule has 0 aliphatic carbocycles. The predicted molar refractivity (Wildman–Crippen MR) is 82.0 cm³/mol. The molecule has 0 saturated heterocycles. The standard InChI is InChI=1S/C12H11BrN2O4S2/c1-7-5-14-11(20-7)6-15-21(18,19)8-2-3-10(13)9(4-8)12(16)17/h2-5,15H,6H2,1H3,(H,16,17). The van der Waals surface area contributed by atoms with E-state index in [2.05, 4.69) is 25.6 Å². The zero-order valence-corrected chi connectivity index (χ0v) is 14.0. The number of halogens is 1. The van der Waals surface area contributed by atoms with Gasteiger partial charge in [-0.1, -0.05) is 0 Å². The molecule has 0 unspecified atom stereocenters. The fourth-order valence-electron chi connectivity index (χ4n) is 1.56. The maximum atomic E-state index is 12.2. The van der Waals surface area contributed by atoms with Crippen LogP contribution in [0.3, 0.4) is 0 Å². The minimum absolute atomic E-state index is 0.0688. The number of nitrogens with zero attached hydrogens (tertiary/aromatic N) is 1. The summed E-state index contributed by atoms with van der Waals surface area (Å²) < 4.78 is 27.0. The lowest BCUT2D eigenvalue weighted by molar-refractivity contribution is 0.0695. The molecule has 0 saturated carbocycles. The van der Waals surface area contributed by atoms with Gasteiger partial charge in [0.1, 0.15) is 5.01 Å². The third-order valence-electron chi connectivity index (χ3n) is 2.56. The van der Waals surface area contributed by atoms with Crippen LogP contribution in [0.5, 0.6) is 0 Å². The van der Waals surface area contributed by atoms with Crippen molar-refractivity contribution in [3.8, 4) is 0 Å². The van der Waals surface area contributed by atoms with E-state index in [1.165, 1.54) is 23.5 Å². The molecule has 2 aromatic rings. The van der Waals surface area contributed by atoms with Crippen LogP contribution in [0.25, 0.3) is 0 Å². The highest BCUT2D eigenvalue weighted by molar-refractivity contribution is 9.10. The summed E-state index contributed by atoms with van der Waals surface area (Å²) in [5.74, 6) is -1.20. The highest BCUT2D eigenvalue weighted by atomic mass is 79.9. The number of carboxylic acids is 1. The Hall–Kier alpha value is -1.29. The number of rotatable bonds is 5. The second-order valence-corrected chi connectivity index (χ2v) is 8.08. The van der Waals surface area contributed by atoms with Crippen LogP contribution in [0.2, 0.25) is 0 Å². The van der Waals surface area contributed by atoms with Gasteiger partial charge in [-0.15, -0.1) is 11.3 Å². The van der Waals surface area contributed by atoms with Crippen LogP contribution < -0.4 is 4.72 Å². The first kappa shape index (κ1) is 16.1. The SMILES string of the molecule is Cc1cnc(CNS(=O)(=O)c2ccc(Br)c(C(=O)O)c2)s1. The van der Waals surface area contributed by atoms with E-state index in [1.807, 2.05) is 6.92 Å². The number of sulfonamides is 1. The molecule has 6 nitrogen and oxygen atoms in total. The van der Waals surface area contributed by atoms with Gasteiger partial charge in [-0.25, -0.2) is 22.9 Å². The minimum Gasteiger partial charge on any atom is -0.478 e. The lowest BCUT2D eigenvalue weighted by atomic mass is 10.2. The monoisotopic (exact) mass is 390 g/mol. The summed E-state index contributed by atoms with van der Waals surface area (Å²) in [5.41, 5.74) is -0.108. The highest BCUT2D eigenvalue weighted by Gasteiger charge is 2.18. The fourth-order valence-corrected chi connectivity index (χ4v) is 3.81. The van der Waals surface area contributed by atoms with Crippen LogP contribution in [0.4, 0.5) is 0 Å². The molecule has 1 heterocycles. The summed E-state index contributed by atoms with van der Waals surface area (Å²) in [6.45, 7) is 1.95. The van der Waals surface area contributed by atoms with Crippen LogP contribution >= 0.6 is 27.3 Å². The van der Waals surface area contributed by atoms with Crippen LogP contribution in [-0.4, -0.2) is 24.5 Å². The Labute approximate surface area is 134 Å². The molecule has 0 bridgehead atoms. The number of aromatic carboxylic acids is 1. The Morgan fingerprint density at radius 3 is 2.76 bits per heavy atom. The van der Waals surface area contributed by atoms with Crippen molar-refractivity contribution in [1.82, 2.24) is 9.71 Å². The molecule has 0 radical (unpaired) electrons. The Balaban J connectivity index is 2.23. The molecule has 0 aliphatic heterocycles. The zero-order chi connectivity index (χ0) is 15.6. The largest absolute Gasteiger partial charge is 0.478 e. The Morgan fingerprint density at radius 1 is 1.48 bits per heavy atom. The quantitative estimate of drug-likeness (QED) is 0.816. The van der Waals surface area contributed by atoms with Crippen LogP contribution in [0.15, 0.2) is 33.8 Å². The van der Waals surface area contributed by atoms with Gasteiger partial charge in [0.15, 0.2) is 0 Å². The zero-order valence-electron chi connectivity index (χ0n) is 10.8. The van der Waals surface area contributed by atoms with Gasteiger partial charge in [-0.3, -0.25) is 0 Å². The predicted octanol–water partition coefficient (Wildman–Crippen LogP) is 2.39. The van der Waals surface area contributed by atoms with Crippen molar-refractivity contribution in [2.24, 2.45) is 0 Å². The molecule has 0 amide bonds. The summed E-state index contributed by atoms with van der Waals surface area (Å²) >= 11 is 4.47. The van der Waals surface area contributed by atoms with E-state index in [0.29, 0.717) is 9.48 Å². The first-order chi connectivity index (χ1) is 9.79. The summed E-state index contributed by atoms with van der Waals surface area (Å²) in [7, 11) is -3.79. The molecule has 0 fully saturated rings. The van der Waals surface area contributed by atoms with Crippen molar-refractivity contribution >= 4 is 43.3 Å². The average molecular weight is 391 g/mol. The van der Waals surface area contributed by atoms with E-state index >= 15 is 0 Å². The number of thiazole rings is 1. The summed E-state index contributed by atoms with van der Waals surface area (Å²) in [6.07, 6.45) is 1.66. The number of aromatic nitrogens is 1. The summed E-state index contributed by atoms with van der Waals surface area (Å²) in [6, 6.07) is 3.85.